The van der Waals surface area contributed by atoms with E-state index in [2.05, 4.69) is 12.2 Å². The summed E-state index contributed by atoms with van der Waals surface area (Å²) in [5, 5.41) is 2.90. The Morgan fingerprint density at radius 3 is 2.23 bits per heavy atom. The number of rotatable bonds is 11. The number of hydrogen-bond acceptors (Lipinski definition) is 2. The lowest BCUT2D eigenvalue weighted by Gasteiger charge is -2.05. The van der Waals surface area contributed by atoms with Crippen LogP contribution in [0.15, 0.2) is 24.3 Å². The number of Topliss-reactive ketones (excluding diaryl/α,β-unsaturated/α-hetero) is 1. The summed E-state index contributed by atoms with van der Waals surface area (Å²) in [5.74, 6) is 0.0173. The summed E-state index contributed by atoms with van der Waals surface area (Å²) < 4.78 is 0. The number of hydrogen-bond donors (Lipinski definition) is 1. The van der Waals surface area contributed by atoms with E-state index in [1.165, 1.54) is 32.1 Å². The van der Waals surface area contributed by atoms with Gasteiger partial charge in [0.2, 0.25) is 5.91 Å². The number of carbonyl (C=O) groups excluding carboxylic acids is 2. The first-order valence-corrected chi connectivity index (χ1v) is 8.50. The second kappa shape index (κ2) is 11.0. The Balaban J connectivity index is 2.10. The van der Waals surface area contributed by atoms with Crippen LogP contribution in [0.2, 0.25) is 0 Å². The molecule has 0 spiro atoms. The van der Waals surface area contributed by atoms with Gasteiger partial charge in [0.05, 0.1) is 0 Å². The van der Waals surface area contributed by atoms with E-state index in [4.69, 9.17) is 0 Å². The normalized spacial score (nSPS) is 10.5. The minimum Gasteiger partial charge on any atom is -0.356 e. The van der Waals surface area contributed by atoms with E-state index < -0.39 is 0 Å². The van der Waals surface area contributed by atoms with Crippen LogP contribution in [0.3, 0.4) is 0 Å². The van der Waals surface area contributed by atoms with E-state index in [0.29, 0.717) is 5.56 Å². The minimum atomic E-state index is -0.0194. The van der Waals surface area contributed by atoms with Crippen LogP contribution >= 0.6 is 0 Å². The molecule has 0 aliphatic carbocycles. The van der Waals surface area contributed by atoms with Gasteiger partial charge in [-0.05, 0) is 13.3 Å². The van der Waals surface area contributed by atoms with E-state index >= 15 is 0 Å². The highest BCUT2D eigenvalue weighted by Crippen LogP contribution is 2.08. The quantitative estimate of drug-likeness (QED) is 0.485. The monoisotopic (exact) mass is 303 g/mol. The van der Waals surface area contributed by atoms with Gasteiger partial charge in [0.25, 0.3) is 0 Å². The summed E-state index contributed by atoms with van der Waals surface area (Å²) in [6.45, 7) is 4.92. The molecule has 122 valence electrons. The van der Waals surface area contributed by atoms with E-state index in [-0.39, 0.29) is 24.5 Å². The van der Waals surface area contributed by atoms with Crippen molar-refractivity contribution in [2.24, 2.45) is 0 Å². The second-order valence-corrected chi connectivity index (χ2v) is 5.91. The third kappa shape index (κ3) is 7.96. The molecule has 0 aliphatic heterocycles. The first kappa shape index (κ1) is 18.4. The molecular weight excluding hydrogens is 274 g/mol. The lowest BCUT2D eigenvalue weighted by Crippen LogP contribution is -2.24. The molecule has 22 heavy (non-hydrogen) atoms. The molecule has 0 radical (unpaired) electrons. The second-order valence-electron chi connectivity index (χ2n) is 5.91. The van der Waals surface area contributed by atoms with Gasteiger partial charge in [-0.25, -0.2) is 0 Å². The first-order chi connectivity index (χ1) is 10.6. The Kier molecular flexibility index (Phi) is 9.20. The van der Waals surface area contributed by atoms with Crippen LogP contribution in [-0.4, -0.2) is 18.2 Å². The summed E-state index contributed by atoms with van der Waals surface area (Å²) in [4.78, 5) is 23.7. The van der Waals surface area contributed by atoms with Crippen molar-refractivity contribution >= 4 is 11.7 Å². The van der Waals surface area contributed by atoms with Crippen LogP contribution < -0.4 is 5.32 Å². The largest absolute Gasteiger partial charge is 0.356 e. The number of nitrogens with one attached hydrogen (secondary N) is 1. The van der Waals surface area contributed by atoms with Crippen LogP contribution in [0.5, 0.6) is 0 Å². The number of unbranched alkanes of at least 4 members (excludes halogenated alkanes) is 5. The van der Waals surface area contributed by atoms with Crippen molar-refractivity contribution in [2.75, 3.05) is 6.54 Å². The molecule has 1 aromatic rings. The minimum absolute atomic E-state index is 0.0194. The number of ketones is 1. The van der Waals surface area contributed by atoms with Gasteiger partial charge in [-0.2, -0.15) is 0 Å². The molecule has 0 heterocycles. The highest BCUT2D eigenvalue weighted by molar-refractivity contribution is 5.97. The lowest BCUT2D eigenvalue weighted by atomic mass is 10.0. The molecule has 3 nitrogen and oxygen atoms in total. The highest BCUT2D eigenvalue weighted by Gasteiger charge is 2.08. The van der Waals surface area contributed by atoms with Crippen LogP contribution in [-0.2, 0) is 4.79 Å². The third-order valence-electron chi connectivity index (χ3n) is 3.81. The molecule has 0 saturated carbocycles. The van der Waals surface area contributed by atoms with Crippen molar-refractivity contribution in [1.29, 1.82) is 0 Å². The fourth-order valence-electron chi connectivity index (χ4n) is 2.33. The molecule has 0 atom stereocenters. The Labute approximate surface area is 134 Å². The Hall–Kier alpha value is -1.64. The molecule has 0 aliphatic rings. The maximum absolute atomic E-state index is 12.0. The van der Waals surface area contributed by atoms with Crippen molar-refractivity contribution in [2.45, 2.75) is 65.2 Å². The van der Waals surface area contributed by atoms with Crippen molar-refractivity contribution in [3.63, 3.8) is 0 Å². The zero-order valence-corrected chi connectivity index (χ0v) is 14.0. The van der Waals surface area contributed by atoms with Gasteiger partial charge in [0.1, 0.15) is 0 Å². The summed E-state index contributed by atoms with van der Waals surface area (Å²) in [5.41, 5.74) is 1.82. The maximum atomic E-state index is 12.0. The van der Waals surface area contributed by atoms with Crippen LogP contribution in [0.25, 0.3) is 0 Å². The Morgan fingerprint density at radius 2 is 1.55 bits per heavy atom. The first-order valence-electron chi connectivity index (χ1n) is 8.50. The van der Waals surface area contributed by atoms with E-state index in [1.807, 2.05) is 31.2 Å². The van der Waals surface area contributed by atoms with Gasteiger partial charge in [-0.1, -0.05) is 68.9 Å². The van der Waals surface area contributed by atoms with Crippen molar-refractivity contribution in [1.82, 2.24) is 5.32 Å². The number of carbonyl (C=O) groups is 2. The van der Waals surface area contributed by atoms with Crippen LogP contribution in [0.1, 0.15) is 74.2 Å². The van der Waals surface area contributed by atoms with Gasteiger partial charge in [0, 0.05) is 24.9 Å². The predicted molar refractivity (Wildman–Crippen MR) is 91.1 cm³/mol. The number of benzene rings is 1. The van der Waals surface area contributed by atoms with Gasteiger partial charge < -0.3 is 5.32 Å². The zero-order valence-electron chi connectivity index (χ0n) is 14.0. The van der Waals surface area contributed by atoms with Crippen LogP contribution in [0.4, 0.5) is 0 Å². The van der Waals surface area contributed by atoms with Gasteiger partial charge in [-0.3, -0.25) is 9.59 Å². The zero-order chi connectivity index (χ0) is 16.2. The number of aryl methyl sites for hydroxylation is 1. The molecule has 0 unspecified atom stereocenters. The summed E-state index contributed by atoms with van der Waals surface area (Å²) in [6, 6.07) is 7.50. The fourth-order valence-corrected chi connectivity index (χ4v) is 2.33. The molecule has 1 amide bonds. The average molecular weight is 303 g/mol. The van der Waals surface area contributed by atoms with Crippen LogP contribution in [0, 0.1) is 6.92 Å². The average Bonchev–Trinajstić information content (AvgIpc) is 2.52. The smallest absolute Gasteiger partial charge is 0.220 e. The predicted octanol–water partition coefficient (Wildman–Crippen LogP) is 4.43. The molecule has 0 fully saturated rings. The van der Waals surface area contributed by atoms with E-state index in [9.17, 15) is 9.59 Å². The van der Waals surface area contributed by atoms with Crippen molar-refractivity contribution < 1.29 is 9.59 Å². The van der Waals surface area contributed by atoms with Gasteiger partial charge in [0.15, 0.2) is 5.78 Å². The molecule has 3 heteroatoms. The highest BCUT2D eigenvalue weighted by atomic mass is 16.2. The van der Waals surface area contributed by atoms with Gasteiger partial charge in [-0.15, -0.1) is 0 Å². The van der Waals surface area contributed by atoms with E-state index in [1.54, 1.807) is 0 Å². The third-order valence-corrected chi connectivity index (χ3v) is 3.81. The van der Waals surface area contributed by atoms with Gasteiger partial charge >= 0.3 is 0 Å². The SMILES string of the molecule is CCCCCCCCNC(=O)CCC(=O)c1ccc(C)cc1. The molecule has 0 bridgehead atoms. The van der Waals surface area contributed by atoms with Crippen molar-refractivity contribution in [3.05, 3.63) is 35.4 Å². The standard InChI is InChI=1S/C19H29NO2/c1-3-4-5-6-7-8-15-20-19(22)14-13-18(21)17-11-9-16(2)10-12-17/h9-12H,3-8,13-15H2,1-2H3,(H,20,22). The Bertz CT molecular complexity index is 451. The molecule has 1 rings (SSSR count). The fraction of sp³-hybridized carbons (Fsp3) is 0.579. The molecule has 0 aromatic heterocycles. The molecule has 0 saturated heterocycles. The number of amides is 1. The van der Waals surface area contributed by atoms with Crippen molar-refractivity contribution in [3.8, 4) is 0 Å². The summed E-state index contributed by atoms with van der Waals surface area (Å²) >= 11 is 0. The maximum Gasteiger partial charge on any atom is 0.220 e. The topological polar surface area (TPSA) is 46.2 Å². The molecule has 1 aromatic carbocycles. The summed E-state index contributed by atoms with van der Waals surface area (Å²) in [7, 11) is 0. The molecule has 1 N–H and O–H groups in total. The van der Waals surface area contributed by atoms with E-state index in [0.717, 1.165) is 18.5 Å². The lowest BCUT2D eigenvalue weighted by molar-refractivity contribution is -0.121. The molecular formula is C19H29NO2. The Morgan fingerprint density at radius 1 is 0.909 bits per heavy atom. The summed E-state index contributed by atoms with van der Waals surface area (Å²) in [6.07, 6.45) is 7.85.